The van der Waals surface area contributed by atoms with Crippen LogP contribution in [0.15, 0.2) is 72.9 Å². The van der Waals surface area contributed by atoms with Crippen LogP contribution in [0.2, 0.25) is 0 Å². The zero-order chi connectivity index (χ0) is 22.2. The fourth-order valence-electron chi connectivity index (χ4n) is 5.96. The zero-order valence-electron chi connectivity index (χ0n) is 19.2. The number of benzene rings is 4. The molecule has 1 aliphatic heterocycles. The van der Waals surface area contributed by atoms with Crippen LogP contribution in [0.5, 0.6) is 11.5 Å². The van der Waals surface area contributed by atoms with Gasteiger partial charge < -0.3 is 4.74 Å². The highest BCUT2D eigenvalue weighted by Gasteiger charge is 2.28. The van der Waals surface area contributed by atoms with E-state index in [2.05, 4.69) is 80.6 Å². The smallest absolute Gasteiger partial charge is 0.138 e. The van der Waals surface area contributed by atoms with Crippen molar-refractivity contribution in [3.05, 3.63) is 78.5 Å². The predicted octanol–water partition coefficient (Wildman–Crippen LogP) is 9.00. The Bertz CT molecular complexity index is 1570. The second kappa shape index (κ2) is 6.81. The van der Waals surface area contributed by atoms with Crippen molar-refractivity contribution < 1.29 is 4.74 Å². The van der Waals surface area contributed by atoms with Gasteiger partial charge in [0.15, 0.2) is 0 Å². The summed E-state index contributed by atoms with van der Waals surface area (Å²) < 4.78 is 6.50. The number of ether oxygens (including phenoxy) is 1. The van der Waals surface area contributed by atoms with Gasteiger partial charge in [-0.05, 0) is 93.8 Å². The fourth-order valence-corrected chi connectivity index (χ4v) is 5.96. The summed E-state index contributed by atoms with van der Waals surface area (Å²) in [5.74, 6) is 2.47. The van der Waals surface area contributed by atoms with Crippen molar-refractivity contribution >= 4 is 32.3 Å². The average molecular weight is 430 g/mol. The van der Waals surface area contributed by atoms with Crippen LogP contribution in [0.25, 0.3) is 43.6 Å². The van der Waals surface area contributed by atoms with Crippen LogP contribution < -0.4 is 4.74 Å². The van der Waals surface area contributed by atoms with Crippen molar-refractivity contribution in [1.82, 2.24) is 4.98 Å². The second-order valence-electron chi connectivity index (χ2n) is 10.7. The molecule has 0 atom stereocenters. The van der Waals surface area contributed by atoms with Crippen LogP contribution in [-0.4, -0.2) is 4.98 Å². The van der Waals surface area contributed by atoms with Gasteiger partial charge in [-0.25, -0.2) is 0 Å². The van der Waals surface area contributed by atoms with Gasteiger partial charge in [-0.15, -0.1) is 0 Å². The third-order valence-electron chi connectivity index (χ3n) is 7.98. The molecule has 1 aliphatic carbocycles. The molecule has 0 saturated heterocycles. The van der Waals surface area contributed by atoms with Crippen molar-refractivity contribution in [2.75, 3.05) is 0 Å². The number of aromatic nitrogens is 1. The summed E-state index contributed by atoms with van der Waals surface area (Å²) in [5.41, 5.74) is 4.08. The Hall–Kier alpha value is -3.39. The van der Waals surface area contributed by atoms with Crippen LogP contribution in [0.1, 0.15) is 51.0 Å². The van der Waals surface area contributed by atoms with Crippen molar-refractivity contribution in [1.29, 1.82) is 0 Å². The normalized spacial score (nSPS) is 17.3. The Kier molecular flexibility index (Phi) is 3.94. The van der Waals surface area contributed by atoms with E-state index in [1.54, 1.807) is 0 Å². The molecule has 0 bridgehead atoms. The third-order valence-corrected chi connectivity index (χ3v) is 7.98. The maximum Gasteiger partial charge on any atom is 0.138 e. The number of pyridine rings is 1. The van der Waals surface area contributed by atoms with Crippen LogP contribution in [0.3, 0.4) is 0 Å². The molecule has 2 heterocycles. The Balaban J connectivity index is 1.43. The highest BCUT2D eigenvalue weighted by molar-refractivity contribution is 6.16. The van der Waals surface area contributed by atoms with Crippen LogP contribution in [0.4, 0.5) is 0 Å². The summed E-state index contributed by atoms with van der Waals surface area (Å²) in [6.45, 7) is 4.82. The van der Waals surface area contributed by atoms with Gasteiger partial charge in [-0.2, -0.15) is 0 Å². The predicted molar refractivity (Wildman–Crippen MR) is 137 cm³/mol. The first-order valence-corrected chi connectivity index (χ1v) is 12.1. The molecule has 4 aromatic carbocycles. The van der Waals surface area contributed by atoms with E-state index in [1.807, 2.05) is 6.20 Å². The minimum Gasteiger partial charge on any atom is -0.456 e. The molecule has 1 aromatic heterocycles. The molecule has 0 unspecified atom stereocenters. The van der Waals surface area contributed by atoms with Crippen molar-refractivity contribution in [3.63, 3.8) is 0 Å². The lowest BCUT2D eigenvalue weighted by Gasteiger charge is -2.34. The summed E-state index contributed by atoms with van der Waals surface area (Å²) >= 11 is 0. The molecule has 0 spiro atoms. The first-order valence-electron chi connectivity index (χ1n) is 12.1. The molecule has 2 heteroatoms. The molecule has 5 aromatic rings. The summed E-state index contributed by atoms with van der Waals surface area (Å²) in [5, 5.41) is 7.32. The molecule has 0 N–H and O–H groups in total. The van der Waals surface area contributed by atoms with Gasteiger partial charge in [0.25, 0.3) is 0 Å². The first-order chi connectivity index (χ1) is 16.1. The van der Waals surface area contributed by atoms with E-state index in [0.717, 1.165) is 28.1 Å². The lowest BCUT2D eigenvalue weighted by Crippen LogP contribution is -2.20. The van der Waals surface area contributed by atoms with Gasteiger partial charge in [0.2, 0.25) is 0 Å². The maximum absolute atomic E-state index is 6.50. The topological polar surface area (TPSA) is 22.1 Å². The van der Waals surface area contributed by atoms with Crippen molar-refractivity contribution in [2.45, 2.75) is 45.4 Å². The van der Waals surface area contributed by atoms with E-state index in [9.17, 15) is 0 Å². The summed E-state index contributed by atoms with van der Waals surface area (Å²) in [7, 11) is 0. The summed E-state index contributed by atoms with van der Waals surface area (Å²) in [4.78, 5) is 4.84. The zero-order valence-corrected chi connectivity index (χ0v) is 19.2. The van der Waals surface area contributed by atoms with Crippen molar-refractivity contribution in [3.8, 4) is 22.8 Å². The number of rotatable bonds is 1. The van der Waals surface area contributed by atoms with E-state index >= 15 is 0 Å². The molecule has 7 rings (SSSR count). The summed E-state index contributed by atoms with van der Waals surface area (Å²) in [6, 6.07) is 24.3. The monoisotopic (exact) mass is 429 g/mol. The van der Waals surface area contributed by atoms with E-state index in [1.165, 1.54) is 58.2 Å². The number of nitrogens with zero attached hydrogens (tertiary/aromatic N) is 1. The van der Waals surface area contributed by atoms with E-state index in [4.69, 9.17) is 9.72 Å². The van der Waals surface area contributed by atoms with E-state index in [0.29, 0.717) is 11.3 Å². The number of fused-ring (bicyclic) bond motifs is 5. The van der Waals surface area contributed by atoms with Gasteiger partial charge in [0.1, 0.15) is 11.5 Å². The molecule has 1 fully saturated rings. The lowest BCUT2D eigenvalue weighted by molar-refractivity contribution is 0.224. The molecular weight excluding hydrogens is 402 g/mol. The Morgan fingerprint density at radius 2 is 1.55 bits per heavy atom. The maximum atomic E-state index is 6.50. The van der Waals surface area contributed by atoms with Crippen LogP contribution in [0, 0.1) is 5.41 Å². The quantitative estimate of drug-likeness (QED) is 0.243. The van der Waals surface area contributed by atoms with Gasteiger partial charge in [0, 0.05) is 11.8 Å². The first kappa shape index (κ1) is 19.1. The van der Waals surface area contributed by atoms with Gasteiger partial charge >= 0.3 is 0 Å². The molecule has 0 radical (unpaired) electrons. The van der Waals surface area contributed by atoms with Crippen LogP contribution >= 0.6 is 0 Å². The SMILES string of the molecule is CC1(C)CCC(c2ccc3cc4c5c(nccc5c3c2)-c2cc3ccccc3cc2O4)CC1. The number of hydrogen-bond acceptors (Lipinski definition) is 2. The average Bonchev–Trinajstić information content (AvgIpc) is 2.83. The van der Waals surface area contributed by atoms with E-state index < -0.39 is 0 Å². The molecule has 33 heavy (non-hydrogen) atoms. The minimum atomic E-state index is 0.488. The minimum absolute atomic E-state index is 0.488. The Morgan fingerprint density at radius 3 is 2.36 bits per heavy atom. The van der Waals surface area contributed by atoms with Crippen LogP contribution in [-0.2, 0) is 0 Å². The molecule has 2 aliphatic rings. The van der Waals surface area contributed by atoms with Gasteiger partial charge in [-0.3, -0.25) is 4.98 Å². The van der Waals surface area contributed by atoms with Gasteiger partial charge in [0.05, 0.1) is 11.1 Å². The Labute approximate surface area is 194 Å². The highest BCUT2D eigenvalue weighted by Crippen LogP contribution is 2.49. The molecule has 0 amide bonds. The second-order valence-corrected chi connectivity index (χ2v) is 10.7. The summed E-state index contributed by atoms with van der Waals surface area (Å²) in [6.07, 6.45) is 7.14. The largest absolute Gasteiger partial charge is 0.456 e. The Morgan fingerprint density at radius 1 is 0.788 bits per heavy atom. The molecular formula is C31H27NO. The van der Waals surface area contributed by atoms with Gasteiger partial charge in [-0.1, -0.05) is 56.3 Å². The standard InChI is InChI=1S/C31H27NO/c1-31(2)12-9-19(10-13-31)22-7-8-23-18-28-29-24(25(23)15-22)11-14-32-30(29)26-16-20-5-3-4-6-21(20)17-27(26)33-28/h3-8,11,14-19H,9-10,12-13H2,1-2H3. The third kappa shape index (κ3) is 2.97. The van der Waals surface area contributed by atoms with E-state index in [-0.39, 0.29) is 0 Å². The number of hydrogen-bond donors (Lipinski definition) is 0. The molecule has 2 nitrogen and oxygen atoms in total. The molecule has 162 valence electrons. The highest BCUT2D eigenvalue weighted by atomic mass is 16.5. The van der Waals surface area contributed by atoms with Crippen molar-refractivity contribution in [2.24, 2.45) is 5.41 Å². The lowest BCUT2D eigenvalue weighted by atomic mass is 9.71. The molecule has 1 saturated carbocycles. The fraction of sp³-hybridized carbons (Fsp3) is 0.258.